The van der Waals surface area contributed by atoms with E-state index in [1.54, 1.807) is 28.4 Å². The molecule has 0 aromatic heterocycles. The Morgan fingerprint density at radius 3 is 1.73 bits per heavy atom. The largest absolute Gasteiger partial charge is 0.493 e. The molecule has 1 heterocycles. The molecule has 0 fully saturated rings. The second-order valence-electron chi connectivity index (χ2n) is 10.2. The summed E-state index contributed by atoms with van der Waals surface area (Å²) in [5.41, 5.74) is 3.18. The SMILES string of the molecule is COC(=O)c1c2c(c3cc(OC)c(OC)cc3c1-c1ccc(OC)c(OC)c1)OC(c1ccccc1)(c1ccccc1)C=C2. The van der Waals surface area contributed by atoms with Gasteiger partial charge in [0.1, 0.15) is 5.75 Å². The third-order valence-corrected chi connectivity index (χ3v) is 8.02. The molecular weight excluding hydrogens is 556 g/mol. The molecular formula is C37H32O7. The highest BCUT2D eigenvalue weighted by molar-refractivity contribution is 6.15. The molecule has 0 atom stereocenters. The van der Waals surface area contributed by atoms with Gasteiger partial charge in [-0.3, -0.25) is 0 Å². The van der Waals surface area contributed by atoms with Crippen LogP contribution in [-0.2, 0) is 10.3 Å². The number of hydrogen-bond donors (Lipinski definition) is 0. The van der Waals surface area contributed by atoms with Crippen molar-refractivity contribution in [2.24, 2.45) is 0 Å². The molecule has 5 aromatic carbocycles. The monoisotopic (exact) mass is 588 g/mol. The first-order valence-electron chi connectivity index (χ1n) is 14.0. The maximum absolute atomic E-state index is 13.8. The van der Waals surface area contributed by atoms with Crippen molar-refractivity contribution in [3.63, 3.8) is 0 Å². The Balaban J connectivity index is 1.75. The number of rotatable bonds is 8. The summed E-state index contributed by atoms with van der Waals surface area (Å²) in [4.78, 5) is 13.8. The second kappa shape index (κ2) is 11.7. The van der Waals surface area contributed by atoms with E-state index in [1.807, 2.05) is 103 Å². The number of benzene rings is 5. The number of ether oxygens (including phenoxy) is 6. The lowest BCUT2D eigenvalue weighted by molar-refractivity contribution is 0.0600. The van der Waals surface area contributed by atoms with Gasteiger partial charge < -0.3 is 28.4 Å². The summed E-state index contributed by atoms with van der Waals surface area (Å²) in [5.74, 6) is 2.11. The van der Waals surface area contributed by atoms with Gasteiger partial charge in [-0.2, -0.15) is 0 Å². The third-order valence-electron chi connectivity index (χ3n) is 8.02. The van der Waals surface area contributed by atoms with Crippen molar-refractivity contribution in [2.75, 3.05) is 35.5 Å². The summed E-state index contributed by atoms with van der Waals surface area (Å²) < 4.78 is 35.1. The summed E-state index contributed by atoms with van der Waals surface area (Å²) in [6.45, 7) is 0. The number of carbonyl (C=O) groups excluding carboxylic acids is 1. The summed E-state index contributed by atoms with van der Waals surface area (Å²) in [5, 5.41) is 1.44. The summed E-state index contributed by atoms with van der Waals surface area (Å²) in [6, 6.07) is 29.3. The van der Waals surface area contributed by atoms with Crippen LogP contribution in [0.25, 0.3) is 28.0 Å². The number of esters is 1. The van der Waals surface area contributed by atoms with Gasteiger partial charge in [-0.25, -0.2) is 4.79 Å². The molecule has 1 aliphatic heterocycles. The van der Waals surface area contributed by atoms with Crippen LogP contribution in [0, 0.1) is 0 Å². The summed E-state index contributed by atoms with van der Waals surface area (Å²) >= 11 is 0. The highest BCUT2D eigenvalue weighted by Crippen LogP contribution is 2.52. The predicted octanol–water partition coefficient (Wildman–Crippen LogP) is 7.68. The van der Waals surface area contributed by atoms with Crippen molar-refractivity contribution in [3.8, 4) is 39.9 Å². The summed E-state index contributed by atoms with van der Waals surface area (Å²) in [6.07, 6.45) is 3.95. The summed E-state index contributed by atoms with van der Waals surface area (Å²) in [7, 11) is 7.70. The molecule has 0 spiro atoms. The van der Waals surface area contributed by atoms with Crippen LogP contribution in [0.5, 0.6) is 28.7 Å². The zero-order valence-electron chi connectivity index (χ0n) is 25.2. The molecule has 0 unspecified atom stereocenters. The van der Waals surface area contributed by atoms with Gasteiger partial charge in [0.05, 0.1) is 41.1 Å². The molecule has 222 valence electrons. The van der Waals surface area contributed by atoms with E-state index in [0.29, 0.717) is 50.8 Å². The van der Waals surface area contributed by atoms with Gasteiger partial charge in [0, 0.05) is 27.6 Å². The predicted molar refractivity (Wildman–Crippen MR) is 170 cm³/mol. The Kier molecular flexibility index (Phi) is 7.62. The molecule has 0 saturated carbocycles. The number of hydrogen-bond acceptors (Lipinski definition) is 7. The Bertz CT molecular complexity index is 1840. The molecule has 0 amide bonds. The molecule has 0 aliphatic carbocycles. The number of methoxy groups -OCH3 is 5. The lowest BCUT2D eigenvalue weighted by Gasteiger charge is -2.37. The number of carbonyl (C=O) groups is 1. The minimum atomic E-state index is -0.978. The minimum Gasteiger partial charge on any atom is -0.493 e. The topological polar surface area (TPSA) is 72.5 Å². The van der Waals surface area contributed by atoms with Crippen LogP contribution in [0.2, 0.25) is 0 Å². The molecule has 6 rings (SSSR count). The van der Waals surface area contributed by atoms with Gasteiger partial charge in [-0.15, -0.1) is 0 Å². The van der Waals surface area contributed by atoms with Crippen molar-refractivity contribution >= 4 is 22.8 Å². The van der Waals surface area contributed by atoms with E-state index in [9.17, 15) is 4.79 Å². The Morgan fingerprint density at radius 2 is 1.18 bits per heavy atom. The molecule has 0 radical (unpaired) electrons. The fourth-order valence-corrected chi connectivity index (χ4v) is 5.92. The van der Waals surface area contributed by atoms with E-state index in [-0.39, 0.29) is 0 Å². The van der Waals surface area contributed by atoms with Gasteiger partial charge in [-0.05, 0) is 47.4 Å². The zero-order valence-corrected chi connectivity index (χ0v) is 25.2. The Labute approximate surface area is 256 Å². The van der Waals surface area contributed by atoms with Crippen molar-refractivity contribution in [3.05, 3.63) is 119 Å². The van der Waals surface area contributed by atoms with Gasteiger partial charge in [-0.1, -0.05) is 66.7 Å². The molecule has 44 heavy (non-hydrogen) atoms. The van der Waals surface area contributed by atoms with Gasteiger partial charge >= 0.3 is 5.97 Å². The van der Waals surface area contributed by atoms with Crippen LogP contribution < -0.4 is 23.7 Å². The van der Waals surface area contributed by atoms with Crippen LogP contribution in [0.15, 0.2) is 97.1 Å². The van der Waals surface area contributed by atoms with E-state index in [1.165, 1.54) is 7.11 Å². The highest BCUT2D eigenvalue weighted by Gasteiger charge is 2.40. The Hall–Kier alpha value is -5.43. The standard InChI is InChI=1S/C37H32O7/c1-39-29-17-16-23(20-30(29)40-2)33-27-21-31(41-3)32(42-4)22-28(27)35-26(34(33)36(38)43-5)18-19-37(44-35,24-12-8-6-9-13-24)25-14-10-7-11-15-25/h6-22H,1-5H3. The average Bonchev–Trinajstić information content (AvgIpc) is 3.10. The van der Waals surface area contributed by atoms with Crippen LogP contribution >= 0.6 is 0 Å². The van der Waals surface area contributed by atoms with Crippen LogP contribution in [-0.4, -0.2) is 41.5 Å². The van der Waals surface area contributed by atoms with Crippen molar-refractivity contribution in [1.29, 1.82) is 0 Å². The zero-order chi connectivity index (χ0) is 30.8. The van der Waals surface area contributed by atoms with Crippen LogP contribution in [0.3, 0.4) is 0 Å². The van der Waals surface area contributed by atoms with Crippen molar-refractivity contribution in [2.45, 2.75) is 5.60 Å². The average molecular weight is 589 g/mol. The van der Waals surface area contributed by atoms with Gasteiger partial charge in [0.2, 0.25) is 0 Å². The lowest BCUT2D eigenvalue weighted by Crippen LogP contribution is -2.34. The lowest BCUT2D eigenvalue weighted by atomic mass is 9.81. The maximum atomic E-state index is 13.8. The van der Waals surface area contributed by atoms with E-state index >= 15 is 0 Å². The Morgan fingerprint density at radius 1 is 0.636 bits per heavy atom. The number of fused-ring (bicyclic) bond motifs is 3. The fourth-order valence-electron chi connectivity index (χ4n) is 5.92. The van der Waals surface area contributed by atoms with E-state index in [0.717, 1.165) is 22.1 Å². The van der Waals surface area contributed by atoms with Crippen molar-refractivity contribution in [1.82, 2.24) is 0 Å². The molecule has 7 heteroatoms. The fraction of sp³-hybridized carbons (Fsp3) is 0.162. The van der Waals surface area contributed by atoms with Crippen molar-refractivity contribution < 1.29 is 33.2 Å². The first-order valence-corrected chi connectivity index (χ1v) is 14.0. The normalized spacial score (nSPS) is 13.0. The first kappa shape index (κ1) is 28.7. The van der Waals surface area contributed by atoms with E-state index in [2.05, 4.69) is 0 Å². The van der Waals surface area contributed by atoms with Gasteiger partial charge in [0.15, 0.2) is 28.6 Å². The molecule has 1 aliphatic rings. The second-order valence-corrected chi connectivity index (χ2v) is 10.2. The molecule has 0 N–H and O–H groups in total. The molecule has 0 saturated heterocycles. The third kappa shape index (κ3) is 4.57. The minimum absolute atomic E-state index is 0.348. The maximum Gasteiger partial charge on any atom is 0.339 e. The highest BCUT2D eigenvalue weighted by atomic mass is 16.5. The molecule has 0 bridgehead atoms. The first-order chi connectivity index (χ1) is 21.5. The van der Waals surface area contributed by atoms with E-state index < -0.39 is 11.6 Å². The quantitative estimate of drug-likeness (QED) is 0.172. The van der Waals surface area contributed by atoms with Gasteiger partial charge in [0.25, 0.3) is 0 Å². The van der Waals surface area contributed by atoms with Crippen LogP contribution in [0.1, 0.15) is 27.0 Å². The molecule has 7 nitrogen and oxygen atoms in total. The van der Waals surface area contributed by atoms with Crippen LogP contribution in [0.4, 0.5) is 0 Å². The smallest absolute Gasteiger partial charge is 0.339 e. The molecule has 5 aromatic rings. The van der Waals surface area contributed by atoms with E-state index in [4.69, 9.17) is 28.4 Å².